The third-order valence-electron chi connectivity index (χ3n) is 5.95. The summed E-state index contributed by atoms with van der Waals surface area (Å²) >= 11 is 1.49. The maximum atomic E-state index is 12.0. The Hall–Kier alpha value is -1.45. The average molecular weight is 471 g/mol. The Morgan fingerprint density at radius 2 is 1.90 bits per heavy atom. The summed E-state index contributed by atoms with van der Waals surface area (Å²) < 4.78 is 30.2. The standard InChI is InChI=1S/C21H26N2O4S2.ClH/c1-2-29(25,26)17-5-3-15(4-6-17)14-23-10-8-21(9-11-23)19-16(7-12-27-21)13-18(28-19)20(22)24;/h3-6,13H,2,7-12,14H2,1H3,(H2,22,24);1H. The minimum atomic E-state index is -3.16. The molecule has 2 aliphatic rings. The molecule has 0 bridgehead atoms. The highest BCUT2D eigenvalue weighted by Gasteiger charge is 2.42. The molecule has 1 spiro atoms. The average Bonchev–Trinajstić information content (AvgIpc) is 3.17. The summed E-state index contributed by atoms with van der Waals surface area (Å²) in [6.07, 6.45) is 2.58. The molecule has 0 saturated carbocycles. The van der Waals surface area contributed by atoms with Crippen LogP contribution in [0.3, 0.4) is 0 Å². The number of amides is 1. The molecule has 2 N–H and O–H groups in total. The summed E-state index contributed by atoms with van der Waals surface area (Å²) in [5, 5.41) is 0. The minimum absolute atomic E-state index is 0. The highest BCUT2D eigenvalue weighted by atomic mass is 35.5. The maximum Gasteiger partial charge on any atom is 0.258 e. The van der Waals surface area contributed by atoms with Gasteiger partial charge in [0.25, 0.3) is 5.91 Å². The molecule has 1 saturated heterocycles. The van der Waals surface area contributed by atoms with Gasteiger partial charge in [-0.3, -0.25) is 9.69 Å². The molecule has 0 atom stereocenters. The molecule has 30 heavy (non-hydrogen) atoms. The molecular weight excluding hydrogens is 444 g/mol. The van der Waals surface area contributed by atoms with E-state index in [0.29, 0.717) is 16.4 Å². The molecule has 6 nitrogen and oxygen atoms in total. The van der Waals surface area contributed by atoms with Crippen LogP contribution in [0.1, 0.15) is 45.4 Å². The number of carbonyl (C=O) groups excluding carboxylic acids is 1. The third kappa shape index (κ3) is 4.43. The van der Waals surface area contributed by atoms with Crippen molar-refractivity contribution in [2.75, 3.05) is 25.4 Å². The van der Waals surface area contributed by atoms with Crippen LogP contribution in [0.4, 0.5) is 0 Å². The smallest absolute Gasteiger partial charge is 0.258 e. The van der Waals surface area contributed by atoms with Crippen LogP contribution in [-0.4, -0.2) is 44.7 Å². The molecule has 1 amide bonds. The summed E-state index contributed by atoms with van der Waals surface area (Å²) in [6, 6.07) is 9.15. The highest BCUT2D eigenvalue weighted by molar-refractivity contribution is 7.91. The predicted octanol–water partition coefficient (Wildman–Crippen LogP) is 3.13. The normalized spacial score (nSPS) is 18.6. The largest absolute Gasteiger partial charge is 0.369 e. The fraction of sp³-hybridized carbons (Fsp3) is 0.476. The second-order valence-corrected chi connectivity index (χ2v) is 11.1. The number of thiophene rings is 1. The first kappa shape index (κ1) is 23.2. The van der Waals surface area contributed by atoms with E-state index < -0.39 is 9.84 Å². The van der Waals surface area contributed by atoms with E-state index in [0.717, 1.165) is 44.5 Å². The third-order valence-corrected chi connectivity index (χ3v) is 9.08. The van der Waals surface area contributed by atoms with Crippen molar-refractivity contribution in [3.05, 3.63) is 51.2 Å². The van der Waals surface area contributed by atoms with Crippen LogP contribution < -0.4 is 5.73 Å². The number of hydrogen-bond donors (Lipinski definition) is 1. The van der Waals surface area contributed by atoms with E-state index >= 15 is 0 Å². The Bertz CT molecular complexity index is 1010. The van der Waals surface area contributed by atoms with E-state index in [1.54, 1.807) is 19.1 Å². The van der Waals surface area contributed by atoms with Gasteiger partial charge in [0.1, 0.15) is 5.60 Å². The van der Waals surface area contributed by atoms with Gasteiger partial charge >= 0.3 is 0 Å². The van der Waals surface area contributed by atoms with E-state index in [4.69, 9.17) is 10.5 Å². The number of ether oxygens (including phenoxy) is 1. The second-order valence-electron chi connectivity index (χ2n) is 7.75. The Morgan fingerprint density at radius 1 is 1.23 bits per heavy atom. The topological polar surface area (TPSA) is 89.7 Å². The summed E-state index contributed by atoms with van der Waals surface area (Å²) in [5.41, 5.74) is 7.49. The lowest BCUT2D eigenvalue weighted by Gasteiger charge is -2.43. The molecule has 0 unspecified atom stereocenters. The fourth-order valence-electron chi connectivity index (χ4n) is 4.21. The number of hydrogen-bond acceptors (Lipinski definition) is 6. The van der Waals surface area contributed by atoms with Gasteiger partial charge in [-0.05, 0) is 48.6 Å². The zero-order chi connectivity index (χ0) is 20.6. The molecule has 2 aromatic rings. The lowest BCUT2D eigenvalue weighted by molar-refractivity contribution is -0.0960. The van der Waals surface area contributed by atoms with E-state index in [-0.39, 0.29) is 29.7 Å². The van der Waals surface area contributed by atoms with Crippen molar-refractivity contribution < 1.29 is 17.9 Å². The first-order valence-corrected chi connectivity index (χ1v) is 12.4. The first-order chi connectivity index (χ1) is 13.8. The number of benzene rings is 1. The van der Waals surface area contributed by atoms with Gasteiger partial charge in [0.05, 0.1) is 22.1 Å². The van der Waals surface area contributed by atoms with Crippen LogP contribution >= 0.6 is 23.7 Å². The monoisotopic (exact) mass is 470 g/mol. The SMILES string of the molecule is CCS(=O)(=O)c1ccc(CN2CCC3(CC2)OCCc2cc(C(N)=O)sc23)cc1.Cl. The molecule has 9 heteroatoms. The number of nitrogens with two attached hydrogens (primary N) is 1. The molecule has 1 fully saturated rings. The lowest BCUT2D eigenvalue weighted by atomic mass is 9.85. The van der Waals surface area contributed by atoms with Gasteiger partial charge in [0.15, 0.2) is 9.84 Å². The number of likely N-dealkylation sites (tertiary alicyclic amines) is 1. The Morgan fingerprint density at radius 3 is 2.50 bits per heavy atom. The number of sulfone groups is 1. The number of carbonyl (C=O) groups is 1. The van der Waals surface area contributed by atoms with Crippen LogP contribution in [0.5, 0.6) is 0 Å². The Kier molecular flexibility index (Phi) is 6.94. The van der Waals surface area contributed by atoms with Crippen LogP contribution in [0.2, 0.25) is 0 Å². The summed E-state index contributed by atoms with van der Waals surface area (Å²) in [5.74, 6) is -0.256. The number of halogens is 1. The lowest BCUT2D eigenvalue weighted by Crippen LogP contribution is -2.45. The van der Waals surface area contributed by atoms with Crippen molar-refractivity contribution >= 4 is 39.5 Å². The summed E-state index contributed by atoms with van der Waals surface area (Å²) in [6.45, 7) is 4.89. The van der Waals surface area contributed by atoms with Crippen molar-refractivity contribution in [3.63, 3.8) is 0 Å². The zero-order valence-electron chi connectivity index (χ0n) is 16.9. The molecule has 1 aromatic carbocycles. The van der Waals surface area contributed by atoms with Crippen molar-refractivity contribution in [1.82, 2.24) is 4.90 Å². The molecule has 0 radical (unpaired) electrons. The zero-order valence-corrected chi connectivity index (χ0v) is 19.4. The van der Waals surface area contributed by atoms with Crippen molar-refractivity contribution in [2.24, 2.45) is 5.73 Å². The van der Waals surface area contributed by atoms with Crippen LogP contribution in [0.25, 0.3) is 0 Å². The van der Waals surface area contributed by atoms with E-state index in [2.05, 4.69) is 4.90 Å². The Balaban J connectivity index is 0.00000256. The quantitative estimate of drug-likeness (QED) is 0.725. The second kappa shape index (κ2) is 8.96. The van der Waals surface area contributed by atoms with Gasteiger partial charge in [-0.25, -0.2) is 8.42 Å². The minimum Gasteiger partial charge on any atom is -0.369 e. The summed E-state index contributed by atoms with van der Waals surface area (Å²) in [7, 11) is -3.16. The molecule has 164 valence electrons. The fourth-order valence-corrected chi connectivity index (χ4v) is 6.36. The van der Waals surface area contributed by atoms with Crippen LogP contribution in [0.15, 0.2) is 35.2 Å². The van der Waals surface area contributed by atoms with E-state index in [9.17, 15) is 13.2 Å². The Labute approximate surface area is 187 Å². The van der Waals surface area contributed by atoms with Gasteiger partial charge in [-0.1, -0.05) is 19.1 Å². The molecule has 2 aliphatic heterocycles. The number of piperidine rings is 1. The van der Waals surface area contributed by atoms with Gasteiger partial charge in [0, 0.05) is 24.5 Å². The maximum absolute atomic E-state index is 12.0. The number of rotatable bonds is 5. The number of fused-ring (bicyclic) bond motifs is 2. The van der Waals surface area contributed by atoms with Gasteiger partial charge in [0.2, 0.25) is 0 Å². The highest BCUT2D eigenvalue weighted by Crippen LogP contribution is 2.45. The van der Waals surface area contributed by atoms with Crippen LogP contribution in [0, 0.1) is 0 Å². The number of primary amides is 1. The molecule has 1 aromatic heterocycles. The van der Waals surface area contributed by atoms with E-state index in [1.807, 2.05) is 18.2 Å². The molecule has 0 aliphatic carbocycles. The van der Waals surface area contributed by atoms with Gasteiger partial charge in [-0.15, -0.1) is 23.7 Å². The molecule has 3 heterocycles. The van der Waals surface area contributed by atoms with Crippen LogP contribution in [-0.2, 0) is 33.1 Å². The summed E-state index contributed by atoms with van der Waals surface area (Å²) in [4.78, 5) is 16.1. The van der Waals surface area contributed by atoms with Crippen molar-refractivity contribution in [3.8, 4) is 0 Å². The molecular formula is C21H27ClN2O4S2. The van der Waals surface area contributed by atoms with Crippen molar-refractivity contribution in [1.29, 1.82) is 0 Å². The number of nitrogens with zero attached hydrogens (tertiary/aromatic N) is 1. The molecule has 4 rings (SSSR count). The first-order valence-electron chi connectivity index (χ1n) is 9.94. The van der Waals surface area contributed by atoms with Gasteiger partial charge < -0.3 is 10.5 Å². The van der Waals surface area contributed by atoms with Gasteiger partial charge in [-0.2, -0.15) is 0 Å². The van der Waals surface area contributed by atoms with E-state index in [1.165, 1.54) is 21.8 Å². The predicted molar refractivity (Wildman–Crippen MR) is 120 cm³/mol. The van der Waals surface area contributed by atoms with Crippen molar-refractivity contribution in [2.45, 2.75) is 43.2 Å².